The number of carboxylic acid groups (broad SMARTS) is 2. The third-order valence-electron chi connectivity index (χ3n) is 21.5. The first-order chi connectivity index (χ1) is 55.1. The molecule has 0 bridgehead atoms. The van der Waals surface area contributed by atoms with Crippen molar-refractivity contribution in [1.29, 1.82) is 0 Å². The number of amides is 3. The molecule has 572 valence electrons. The number of rotatable bonds is 18. The van der Waals surface area contributed by atoms with Crippen molar-refractivity contribution in [2.45, 2.75) is 94.0 Å². The second-order valence-electron chi connectivity index (χ2n) is 28.3. The summed E-state index contributed by atoms with van der Waals surface area (Å²) in [6.45, 7) is 4.21. The van der Waals surface area contributed by atoms with Crippen molar-refractivity contribution in [2.24, 2.45) is 0 Å². The molecule has 3 saturated heterocycles. The minimum atomic E-state index is -1.47. The Kier molecular flexibility index (Phi) is 22.2. The van der Waals surface area contributed by atoms with E-state index in [4.69, 9.17) is 23.7 Å². The number of aromatic carboxylic acids is 2. The third kappa shape index (κ3) is 14.9. The molecule has 6 atom stereocenters. The van der Waals surface area contributed by atoms with E-state index in [9.17, 15) is 58.5 Å². The molecule has 3 amide bonds. The average molecular weight is 1520 g/mol. The van der Waals surface area contributed by atoms with Gasteiger partial charge < -0.3 is 67.4 Å². The lowest BCUT2D eigenvalue weighted by Crippen LogP contribution is -2.57. The number of aromatic hydroxyl groups is 1. The first kappa shape index (κ1) is 75.3. The molecular formula is C90H80N6O17. The molecule has 0 unspecified atom stereocenters. The summed E-state index contributed by atoms with van der Waals surface area (Å²) >= 11 is 0. The van der Waals surface area contributed by atoms with Crippen LogP contribution < -0.4 is 25.8 Å². The fourth-order valence-corrected chi connectivity index (χ4v) is 16.4. The number of pyridine rings is 3. The molecule has 3 fully saturated rings. The van der Waals surface area contributed by atoms with E-state index in [0.29, 0.717) is 58.7 Å². The van der Waals surface area contributed by atoms with Crippen molar-refractivity contribution < 1.29 is 67.8 Å². The summed E-state index contributed by atoms with van der Waals surface area (Å²) < 4.78 is 35.6. The van der Waals surface area contributed by atoms with E-state index in [2.05, 4.69) is 24.3 Å². The molecule has 17 rings (SSSR count). The smallest absolute Gasteiger partial charge is 0.341 e. The highest BCUT2D eigenvalue weighted by Gasteiger charge is 2.52. The lowest BCUT2D eigenvalue weighted by molar-refractivity contribution is -0.114. The van der Waals surface area contributed by atoms with E-state index in [-0.39, 0.29) is 76.8 Å². The zero-order valence-electron chi connectivity index (χ0n) is 61.5. The Balaban J connectivity index is 0.000000135. The molecule has 0 spiro atoms. The van der Waals surface area contributed by atoms with Crippen LogP contribution in [0.15, 0.2) is 276 Å². The number of benzene rings is 8. The summed E-state index contributed by atoms with van der Waals surface area (Å²) in [5.41, 5.74) is 3.90. The van der Waals surface area contributed by atoms with E-state index < -0.39 is 93.7 Å². The normalized spacial score (nSPS) is 18.7. The van der Waals surface area contributed by atoms with E-state index in [0.717, 1.165) is 50.7 Å². The molecule has 9 heterocycles. The minimum absolute atomic E-state index is 0.00479. The van der Waals surface area contributed by atoms with Gasteiger partial charge in [-0.15, -0.1) is 0 Å². The molecule has 3 aromatic heterocycles. The highest BCUT2D eigenvalue weighted by atomic mass is 16.5. The summed E-state index contributed by atoms with van der Waals surface area (Å²) in [4.78, 5) is 123. The van der Waals surface area contributed by atoms with Gasteiger partial charge in [0, 0.05) is 56.0 Å². The van der Waals surface area contributed by atoms with Crippen LogP contribution in [0.1, 0.15) is 169 Å². The Hall–Kier alpha value is -13.1. The standard InChI is InChI=1S/C33H30N2O5.C32H28N2O6.C25H22N2O6/c1-22(36)26-20-35-28(27(24-14-7-3-8-15-24)25-16-9-4-10-17-25)33-34(18-11-19-39-33)32(38)29(35)31(30(26)37)40-21-23-12-5-2-6-13-23;35-28-24(32(37)38)19-34-26(25(22-13-6-2-7-14-22)23-15-8-3-9-16-23)31-33(17-10-18-39-31)30(36)27(34)29(28)40-20-21-11-4-1-5-12-21;28-21-17(25(31)32)14-27-19(24-26(12-7-13-33-24)23(30)20(27)22(21)29)18(15-8-3-1-4-9-15)16-10-5-2-6-11-16/h2-10,12-17,20,27-28,33H,11,18-19,21H2,1H3;1-9,11-16,19,25-26,31H,10,17-18,20H2,(H,37,38);1-6,8-11,14,18-19,24,29H,7,12-13H2,(H,31,32)/t28-,33-;26-,31-;19-,24-/m000/s1. The van der Waals surface area contributed by atoms with Crippen LogP contribution in [0.3, 0.4) is 0 Å². The molecule has 3 N–H and O–H groups in total. The van der Waals surface area contributed by atoms with Crippen molar-refractivity contribution in [3.05, 3.63) is 370 Å². The first-order valence-corrected chi connectivity index (χ1v) is 37.5. The number of ether oxygens (including phenoxy) is 5. The van der Waals surface area contributed by atoms with E-state index >= 15 is 0 Å². The zero-order valence-corrected chi connectivity index (χ0v) is 61.5. The first-order valence-electron chi connectivity index (χ1n) is 37.5. The summed E-state index contributed by atoms with van der Waals surface area (Å²) in [7, 11) is 0. The lowest BCUT2D eigenvalue weighted by atomic mass is 9.82. The highest BCUT2D eigenvalue weighted by molar-refractivity contribution is 6.01. The number of aromatic nitrogens is 3. The van der Waals surface area contributed by atoms with Gasteiger partial charge >= 0.3 is 11.9 Å². The summed E-state index contributed by atoms with van der Waals surface area (Å²) in [6.07, 6.45) is 3.96. The quantitative estimate of drug-likeness (QED) is 0.0673. The van der Waals surface area contributed by atoms with Crippen molar-refractivity contribution in [3.63, 3.8) is 0 Å². The second-order valence-corrected chi connectivity index (χ2v) is 28.3. The molecule has 0 aliphatic carbocycles. The van der Waals surface area contributed by atoms with Gasteiger partial charge in [0.1, 0.15) is 24.3 Å². The topological polar surface area (TPSA) is 285 Å². The SMILES string of the molecule is CC(=O)c1cn2c(c(OCc3ccccc3)c1=O)C(=O)N1CCCO[C@H]1[C@@H]2C(c1ccccc1)c1ccccc1.O=C(O)c1cn2c(c(O)c1=O)C(=O)N1CCCO[C@H]1[C@@H]2C(c1ccccc1)c1ccccc1.O=C(O)c1cn2c(c(OCc3ccccc3)c1=O)C(=O)N1CCCO[C@H]1[C@@H]2C(c1ccccc1)c1ccccc1. The number of carbonyl (C=O) groups excluding carboxylic acids is 4. The number of carboxylic acids is 2. The molecule has 11 aromatic rings. The summed E-state index contributed by atoms with van der Waals surface area (Å²) in [6, 6.07) is 76.1. The van der Waals surface area contributed by atoms with Crippen molar-refractivity contribution in [1.82, 2.24) is 28.4 Å². The van der Waals surface area contributed by atoms with Crippen molar-refractivity contribution in [2.75, 3.05) is 39.5 Å². The Morgan fingerprint density at radius 1 is 0.372 bits per heavy atom. The highest BCUT2D eigenvalue weighted by Crippen LogP contribution is 2.49. The number of nitrogens with zero attached hydrogens (tertiary/aromatic N) is 6. The molecule has 23 heteroatoms. The van der Waals surface area contributed by atoms with Gasteiger partial charge in [0.25, 0.3) is 17.7 Å². The predicted molar refractivity (Wildman–Crippen MR) is 417 cm³/mol. The molecule has 23 nitrogen and oxygen atoms in total. The Bertz CT molecular complexity index is 5160. The average Bonchev–Trinajstić information content (AvgIpc) is 0.722. The zero-order chi connectivity index (χ0) is 78.4. The molecule has 113 heavy (non-hydrogen) atoms. The van der Waals surface area contributed by atoms with Gasteiger partial charge in [0.2, 0.25) is 16.3 Å². The number of Topliss-reactive ketones (excluding diaryl/α,β-unsaturated/α-hetero) is 1. The number of hydrogen-bond donors (Lipinski definition) is 3. The van der Waals surface area contributed by atoms with Crippen LogP contribution in [0.4, 0.5) is 0 Å². The van der Waals surface area contributed by atoms with E-state index in [1.165, 1.54) is 28.8 Å². The largest absolute Gasteiger partial charge is 0.503 e. The van der Waals surface area contributed by atoms with Crippen molar-refractivity contribution in [3.8, 4) is 17.2 Å². The fraction of sp³-hybridized carbons (Fsp3) is 0.233. The van der Waals surface area contributed by atoms with Gasteiger partial charge in [0.05, 0.1) is 43.5 Å². The molecule has 6 aliphatic rings. The second kappa shape index (κ2) is 33.2. The van der Waals surface area contributed by atoms with Crippen LogP contribution in [0.2, 0.25) is 0 Å². The van der Waals surface area contributed by atoms with E-state index in [1.807, 2.05) is 218 Å². The summed E-state index contributed by atoms with van der Waals surface area (Å²) in [5, 5.41) is 30.3. The fourth-order valence-electron chi connectivity index (χ4n) is 16.4. The van der Waals surface area contributed by atoms with Gasteiger partial charge in [0.15, 0.2) is 58.8 Å². The van der Waals surface area contributed by atoms with Crippen LogP contribution in [-0.2, 0) is 27.4 Å². The molecule has 0 radical (unpaired) electrons. The third-order valence-corrected chi connectivity index (χ3v) is 21.5. The maximum atomic E-state index is 14.1. The Morgan fingerprint density at radius 2 is 0.628 bits per heavy atom. The molecule has 6 aliphatic heterocycles. The van der Waals surface area contributed by atoms with Crippen LogP contribution in [-0.4, -0.2) is 137 Å². The van der Waals surface area contributed by atoms with Gasteiger partial charge in [-0.1, -0.05) is 243 Å². The van der Waals surface area contributed by atoms with Crippen LogP contribution >= 0.6 is 0 Å². The monoisotopic (exact) mass is 1520 g/mol. The number of fused-ring (bicyclic) bond motifs is 6. The number of hydrogen-bond acceptors (Lipinski definition) is 15. The van der Waals surface area contributed by atoms with Crippen LogP contribution in [0.5, 0.6) is 17.2 Å². The van der Waals surface area contributed by atoms with Gasteiger partial charge in [-0.05, 0) is 70.7 Å². The lowest BCUT2D eigenvalue weighted by Gasteiger charge is -2.48. The number of ketones is 1. The maximum absolute atomic E-state index is 14.1. The van der Waals surface area contributed by atoms with Crippen molar-refractivity contribution >= 4 is 35.4 Å². The predicted octanol–water partition coefficient (Wildman–Crippen LogP) is 12.7. The maximum Gasteiger partial charge on any atom is 0.341 e. The molecule has 8 aromatic carbocycles. The Labute approximate surface area is 649 Å². The van der Waals surface area contributed by atoms with Crippen LogP contribution in [0.25, 0.3) is 0 Å². The van der Waals surface area contributed by atoms with Gasteiger partial charge in [-0.25, -0.2) is 9.59 Å². The molecule has 0 saturated carbocycles. The molecular weight excluding hydrogens is 1440 g/mol. The Morgan fingerprint density at radius 3 is 0.920 bits per heavy atom. The number of carbonyl (C=O) groups is 6. The van der Waals surface area contributed by atoms with Crippen LogP contribution in [0, 0.1) is 0 Å². The minimum Gasteiger partial charge on any atom is -0.503 e. The summed E-state index contributed by atoms with van der Waals surface area (Å²) in [5.74, 6) is -6.70. The van der Waals surface area contributed by atoms with Gasteiger partial charge in [-0.2, -0.15) is 0 Å². The van der Waals surface area contributed by atoms with E-state index in [1.54, 1.807) is 18.9 Å². The van der Waals surface area contributed by atoms with Gasteiger partial charge in [-0.3, -0.25) is 33.6 Å².